The van der Waals surface area contributed by atoms with Crippen LogP contribution in [0.4, 0.5) is 0 Å². The zero-order valence-corrected chi connectivity index (χ0v) is 12.7. The van der Waals surface area contributed by atoms with Gasteiger partial charge in [0.15, 0.2) is 5.78 Å². The minimum Gasteiger partial charge on any atom is -0.370 e. The van der Waals surface area contributed by atoms with E-state index in [1.807, 2.05) is 56.3 Å². The van der Waals surface area contributed by atoms with Gasteiger partial charge in [-0.3, -0.25) is 4.79 Å². The molecule has 0 radical (unpaired) electrons. The Labute approximate surface area is 126 Å². The predicted octanol–water partition coefficient (Wildman–Crippen LogP) is 4.22. The fourth-order valence-electron chi connectivity index (χ4n) is 2.21. The van der Waals surface area contributed by atoms with Crippen molar-refractivity contribution in [2.45, 2.75) is 32.8 Å². The summed E-state index contributed by atoms with van der Waals surface area (Å²) in [5.41, 5.74) is 3.18. The molecule has 0 bridgehead atoms. The monoisotopic (exact) mass is 282 g/mol. The van der Waals surface area contributed by atoms with Crippen LogP contribution in [0.1, 0.15) is 34.8 Å². The van der Waals surface area contributed by atoms with E-state index >= 15 is 0 Å². The van der Waals surface area contributed by atoms with Crippen molar-refractivity contribution < 1.29 is 9.53 Å². The topological polar surface area (TPSA) is 26.3 Å². The standard InChI is InChI=1S/C19H22O2/c1-15-10-12-18(13-11-15)19(20)16(2)21-14-6-9-17-7-4-3-5-8-17/h3-5,7-8,10-13,16H,6,9,14H2,1-2H3. The minimum absolute atomic E-state index is 0.0507. The summed E-state index contributed by atoms with van der Waals surface area (Å²) in [5.74, 6) is 0.0507. The molecule has 110 valence electrons. The van der Waals surface area contributed by atoms with Gasteiger partial charge < -0.3 is 4.74 Å². The Morgan fingerprint density at radius 3 is 2.38 bits per heavy atom. The van der Waals surface area contributed by atoms with Gasteiger partial charge in [0.1, 0.15) is 6.10 Å². The van der Waals surface area contributed by atoms with Crippen molar-refractivity contribution in [2.75, 3.05) is 6.61 Å². The van der Waals surface area contributed by atoms with Gasteiger partial charge in [0, 0.05) is 12.2 Å². The molecule has 21 heavy (non-hydrogen) atoms. The van der Waals surface area contributed by atoms with E-state index in [9.17, 15) is 4.79 Å². The molecular weight excluding hydrogens is 260 g/mol. The van der Waals surface area contributed by atoms with Crippen molar-refractivity contribution in [3.05, 3.63) is 71.3 Å². The minimum atomic E-state index is -0.386. The number of carbonyl (C=O) groups excluding carboxylic acids is 1. The maximum atomic E-state index is 12.2. The van der Waals surface area contributed by atoms with Gasteiger partial charge in [-0.2, -0.15) is 0 Å². The van der Waals surface area contributed by atoms with Crippen molar-refractivity contribution in [3.63, 3.8) is 0 Å². The molecule has 2 aromatic carbocycles. The third-order valence-corrected chi connectivity index (χ3v) is 3.53. The lowest BCUT2D eigenvalue weighted by Crippen LogP contribution is -2.21. The maximum Gasteiger partial charge on any atom is 0.191 e. The third-order valence-electron chi connectivity index (χ3n) is 3.53. The molecule has 0 saturated heterocycles. The SMILES string of the molecule is Cc1ccc(C(=O)C(C)OCCCc2ccccc2)cc1. The van der Waals surface area contributed by atoms with Gasteiger partial charge in [0.05, 0.1) is 0 Å². The average molecular weight is 282 g/mol. The summed E-state index contributed by atoms with van der Waals surface area (Å²) in [6, 6.07) is 18.0. The molecule has 1 atom stereocenters. The number of aryl methyl sites for hydroxylation is 2. The number of ether oxygens (including phenoxy) is 1. The summed E-state index contributed by atoms with van der Waals surface area (Å²) in [4.78, 5) is 12.2. The van der Waals surface area contributed by atoms with Crippen LogP contribution in [-0.4, -0.2) is 18.5 Å². The lowest BCUT2D eigenvalue weighted by atomic mass is 10.1. The van der Waals surface area contributed by atoms with Crippen molar-refractivity contribution in [1.29, 1.82) is 0 Å². The van der Waals surface area contributed by atoms with E-state index in [0.29, 0.717) is 6.61 Å². The van der Waals surface area contributed by atoms with Crippen LogP contribution in [0.5, 0.6) is 0 Å². The number of hydrogen-bond donors (Lipinski definition) is 0. The highest BCUT2D eigenvalue weighted by molar-refractivity contribution is 5.99. The van der Waals surface area contributed by atoms with Crippen LogP contribution in [0.2, 0.25) is 0 Å². The third kappa shape index (κ3) is 4.83. The van der Waals surface area contributed by atoms with Gasteiger partial charge in [0.2, 0.25) is 0 Å². The van der Waals surface area contributed by atoms with Crippen molar-refractivity contribution >= 4 is 5.78 Å². The van der Waals surface area contributed by atoms with Gasteiger partial charge in [-0.15, -0.1) is 0 Å². The Kier molecular flexibility index (Phi) is 5.70. The first-order chi connectivity index (χ1) is 10.2. The summed E-state index contributed by atoms with van der Waals surface area (Å²) in [7, 11) is 0. The van der Waals surface area contributed by atoms with E-state index in [2.05, 4.69) is 12.1 Å². The molecule has 0 aliphatic carbocycles. The number of benzene rings is 2. The first kappa shape index (κ1) is 15.5. The van der Waals surface area contributed by atoms with E-state index in [0.717, 1.165) is 24.0 Å². The Hall–Kier alpha value is -1.93. The Morgan fingerprint density at radius 2 is 1.71 bits per heavy atom. The van der Waals surface area contributed by atoms with E-state index in [4.69, 9.17) is 4.74 Å². The van der Waals surface area contributed by atoms with Crippen molar-refractivity contribution in [2.24, 2.45) is 0 Å². The molecule has 0 aromatic heterocycles. The highest BCUT2D eigenvalue weighted by Gasteiger charge is 2.15. The van der Waals surface area contributed by atoms with Crippen LogP contribution in [0.3, 0.4) is 0 Å². The van der Waals surface area contributed by atoms with Crippen LogP contribution in [-0.2, 0) is 11.2 Å². The molecule has 0 saturated carbocycles. The molecular formula is C19H22O2. The summed E-state index contributed by atoms with van der Waals surface area (Å²) in [6.45, 7) is 4.44. The zero-order chi connectivity index (χ0) is 15.1. The molecule has 2 nitrogen and oxygen atoms in total. The summed E-state index contributed by atoms with van der Waals surface area (Å²) < 4.78 is 5.66. The molecule has 0 N–H and O–H groups in total. The first-order valence-electron chi connectivity index (χ1n) is 7.43. The van der Waals surface area contributed by atoms with Crippen LogP contribution in [0, 0.1) is 6.92 Å². The highest BCUT2D eigenvalue weighted by Crippen LogP contribution is 2.09. The molecule has 0 heterocycles. The molecule has 2 heteroatoms. The van der Waals surface area contributed by atoms with Crippen LogP contribution >= 0.6 is 0 Å². The van der Waals surface area contributed by atoms with Crippen LogP contribution in [0.15, 0.2) is 54.6 Å². The van der Waals surface area contributed by atoms with Crippen LogP contribution in [0.25, 0.3) is 0 Å². The second-order valence-corrected chi connectivity index (χ2v) is 5.33. The molecule has 0 aliphatic rings. The van der Waals surface area contributed by atoms with Gasteiger partial charge in [-0.05, 0) is 32.3 Å². The zero-order valence-electron chi connectivity index (χ0n) is 12.7. The van der Waals surface area contributed by atoms with Crippen LogP contribution < -0.4 is 0 Å². The van der Waals surface area contributed by atoms with E-state index < -0.39 is 0 Å². The van der Waals surface area contributed by atoms with E-state index in [-0.39, 0.29) is 11.9 Å². The number of carbonyl (C=O) groups is 1. The fraction of sp³-hybridized carbons (Fsp3) is 0.316. The molecule has 0 amide bonds. The summed E-state index contributed by atoms with van der Waals surface area (Å²) in [5, 5.41) is 0. The van der Waals surface area contributed by atoms with E-state index in [1.54, 1.807) is 0 Å². The molecule has 2 aromatic rings. The predicted molar refractivity (Wildman–Crippen MR) is 85.7 cm³/mol. The fourth-order valence-corrected chi connectivity index (χ4v) is 2.21. The van der Waals surface area contributed by atoms with E-state index in [1.165, 1.54) is 5.56 Å². The lowest BCUT2D eigenvalue weighted by molar-refractivity contribution is 0.0470. The van der Waals surface area contributed by atoms with Crippen molar-refractivity contribution in [3.8, 4) is 0 Å². The maximum absolute atomic E-state index is 12.2. The quantitative estimate of drug-likeness (QED) is 0.561. The second kappa shape index (κ2) is 7.75. The largest absolute Gasteiger partial charge is 0.370 e. The Balaban J connectivity index is 1.75. The van der Waals surface area contributed by atoms with Gasteiger partial charge in [0.25, 0.3) is 0 Å². The lowest BCUT2D eigenvalue weighted by Gasteiger charge is -2.12. The Morgan fingerprint density at radius 1 is 1.05 bits per heavy atom. The normalized spacial score (nSPS) is 12.1. The van der Waals surface area contributed by atoms with Gasteiger partial charge in [-0.25, -0.2) is 0 Å². The Bertz CT molecular complexity index is 558. The summed E-state index contributed by atoms with van der Waals surface area (Å²) in [6.07, 6.45) is 1.52. The smallest absolute Gasteiger partial charge is 0.191 e. The van der Waals surface area contributed by atoms with Gasteiger partial charge in [-0.1, -0.05) is 60.2 Å². The average Bonchev–Trinajstić information content (AvgIpc) is 2.52. The molecule has 0 spiro atoms. The molecule has 1 unspecified atom stereocenters. The number of hydrogen-bond acceptors (Lipinski definition) is 2. The van der Waals surface area contributed by atoms with Crippen molar-refractivity contribution in [1.82, 2.24) is 0 Å². The number of ketones is 1. The molecule has 0 fully saturated rings. The molecule has 0 aliphatic heterocycles. The highest BCUT2D eigenvalue weighted by atomic mass is 16.5. The molecule has 2 rings (SSSR count). The first-order valence-corrected chi connectivity index (χ1v) is 7.43. The number of Topliss-reactive ketones (excluding diaryl/α,β-unsaturated/α-hetero) is 1. The second-order valence-electron chi connectivity index (χ2n) is 5.33. The number of rotatable bonds is 7. The van der Waals surface area contributed by atoms with Gasteiger partial charge >= 0.3 is 0 Å². The summed E-state index contributed by atoms with van der Waals surface area (Å²) >= 11 is 0.